The molecule has 1 aromatic rings. The summed E-state index contributed by atoms with van der Waals surface area (Å²) in [4.78, 5) is 13.3. The van der Waals surface area contributed by atoms with Crippen molar-refractivity contribution < 1.29 is 9.90 Å². The van der Waals surface area contributed by atoms with Gasteiger partial charge in [-0.25, -0.2) is 0 Å². The molecule has 1 saturated heterocycles. The maximum atomic E-state index is 11.0. The third-order valence-corrected chi connectivity index (χ3v) is 4.03. The summed E-state index contributed by atoms with van der Waals surface area (Å²) in [5.74, 6) is -0.683. The number of hydrogen-bond donors (Lipinski definition) is 1. The molecule has 1 unspecified atom stereocenters. The van der Waals surface area contributed by atoms with Gasteiger partial charge in [0.25, 0.3) is 0 Å². The molecule has 0 radical (unpaired) electrons. The van der Waals surface area contributed by atoms with E-state index in [0.29, 0.717) is 0 Å². The van der Waals surface area contributed by atoms with E-state index in [-0.39, 0.29) is 12.5 Å². The van der Waals surface area contributed by atoms with Crippen LogP contribution in [-0.4, -0.2) is 28.6 Å². The molecule has 1 aliphatic rings. The molecule has 104 valence electrons. The lowest BCUT2D eigenvalue weighted by Crippen LogP contribution is -2.40. The molecule has 1 aromatic carbocycles. The van der Waals surface area contributed by atoms with Crippen molar-refractivity contribution in [1.82, 2.24) is 4.90 Å². The van der Waals surface area contributed by atoms with Crippen molar-refractivity contribution in [2.24, 2.45) is 0 Å². The van der Waals surface area contributed by atoms with Gasteiger partial charge in [0, 0.05) is 12.6 Å². The largest absolute Gasteiger partial charge is 0.481 e. The highest BCUT2D eigenvalue weighted by atomic mass is 16.4. The van der Waals surface area contributed by atoms with Crippen molar-refractivity contribution in [2.45, 2.75) is 52.1 Å². The van der Waals surface area contributed by atoms with Gasteiger partial charge >= 0.3 is 5.97 Å². The van der Waals surface area contributed by atoms with Crippen LogP contribution in [0.3, 0.4) is 0 Å². The SMILES string of the molecule is Cc1ccc(CN2CCCCC2CC(=O)O)c(C)c1. The number of carboxylic acids is 1. The summed E-state index contributed by atoms with van der Waals surface area (Å²) in [6, 6.07) is 6.72. The Morgan fingerprint density at radius 1 is 1.37 bits per heavy atom. The highest BCUT2D eigenvalue weighted by molar-refractivity contribution is 5.67. The molecule has 3 nitrogen and oxygen atoms in total. The van der Waals surface area contributed by atoms with E-state index in [1.807, 2.05) is 0 Å². The Labute approximate surface area is 115 Å². The maximum absolute atomic E-state index is 11.0. The fourth-order valence-corrected chi connectivity index (χ4v) is 2.94. The zero-order valence-corrected chi connectivity index (χ0v) is 11.9. The standard InChI is InChI=1S/C16H23NO2/c1-12-6-7-14(13(2)9-12)11-17-8-4-3-5-15(17)10-16(18)19/h6-7,9,15H,3-5,8,10-11H2,1-2H3,(H,18,19). The van der Waals surface area contributed by atoms with Gasteiger partial charge in [0.05, 0.1) is 6.42 Å². The normalized spacial score (nSPS) is 20.4. The Balaban J connectivity index is 2.08. The molecule has 1 aliphatic heterocycles. The lowest BCUT2D eigenvalue weighted by atomic mass is 9.97. The molecule has 0 amide bonds. The Hall–Kier alpha value is -1.35. The van der Waals surface area contributed by atoms with Crippen LogP contribution in [0.2, 0.25) is 0 Å². The van der Waals surface area contributed by atoms with Crippen molar-refractivity contribution >= 4 is 5.97 Å². The summed E-state index contributed by atoms with van der Waals surface area (Å²) >= 11 is 0. The number of hydrogen-bond acceptors (Lipinski definition) is 2. The average molecular weight is 261 g/mol. The van der Waals surface area contributed by atoms with Crippen LogP contribution in [0.1, 0.15) is 42.4 Å². The number of carbonyl (C=O) groups is 1. The van der Waals surface area contributed by atoms with Crippen LogP contribution >= 0.6 is 0 Å². The van der Waals surface area contributed by atoms with Gasteiger partial charge in [0.2, 0.25) is 0 Å². The molecule has 1 N–H and O–H groups in total. The molecular weight excluding hydrogens is 238 g/mol. The fourth-order valence-electron chi connectivity index (χ4n) is 2.94. The Bertz CT molecular complexity index is 456. The van der Waals surface area contributed by atoms with Gasteiger partial charge in [0.15, 0.2) is 0 Å². The summed E-state index contributed by atoms with van der Waals surface area (Å²) in [7, 11) is 0. The number of aryl methyl sites for hydroxylation is 2. The molecule has 3 heteroatoms. The Morgan fingerprint density at radius 3 is 2.84 bits per heavy atom. The molecule has 0 saturated carbocycles. The molecule has 0 spiro atoms. The van der Waals surface area contributed by atoms with E-state index >= 15 is 0 Å². The van der Waals surface area contributed by atoms with E-state index in [4.69, 9.17) is 5.11 Å². The first kappa shape index (κ1) is 14.1. The lowest BCUT2D eigenvalue weighted by molar-refractivity contribution is -0.138. The van der Waals surface area contributed by atoms with Crippen molar-refractivity contribution in [3.8, 4) is 0 Å². The molecular formula is C16H23NO2. The number of piperidine rings is 1. The predicted molar refractivity (Wildman–Crippen MR) is 76.2 cm³/mol. The number of nitrogens with zero attached hydrogens (tertiary/aromatic N) is 1. The van der Waals surface area contributed by atoms with Gasteiger partial charge in [-0.15, -0.1) is 0 Å². The summed E-state index contributed by atoms with van der Waals surface area (Å²) in [6.07, 6.45) is 3.62. The van der Waals surface area contributed by atoms with E-state index in [0.717, 1.165) is 25.9 Å². The van der Waals surface area contributed by atoms with Gasteiger partial charge in [-0.05, 0) is 44.4 Å². The van der Waals surface area contributed by atoms with Gasteiger partial charge in [-0.3, -0.25) is 9.69 Å². The monoisotopic (exact) mass is 261 g/mol. The van der Waals surface area contributed by atoms with Gasteiger partial charge in [-0.2, -0.15) is 0 Å². The molecule has 19 heavy (non-hydrogen) atoms. The smallest absolute Gasteiger partial charge is 0.304 e. The molecule has 1 atom stereocenters. The number of benzene rings is 1. The van der Waals surface area contributed by atoms with Crippen LogP contribution in [0.4, 0.5) is 0 Å². The molecule has 0 aromatic heterocycles. The van der Waals surface area contributed by atoms with Crippen molar-refractivity contribution in [3.63, 3.8) is 0 Å². The highest BCUT2D eigenvalue weighted by Gasteiger charge is 2.24. The molecule has 0 bridgehead atoms. The van der Waals surface area contributed by atoms with Crippen LogP contribution < -0.4 is 0 Å². The Kier molecular flexibility index (Phi) is 4.59. The number of rotatable bonds is 4. The number of aliphatic carboxylic acids is 1. The fraction of sp³-hybridized carbons (Fsp3) is 0.562. The van der Waals surface area contributed by atoms with Crippen molar-refractivity contribution in [1.29, 1.82) is 0 Å². The van der Waals surface area contributed by atoms with Crippen LogP contribution in [0.25, 0.3) is 0 Å². The molecule has 2 rings (SSSR count). The average Bonchev–Trinajstić information content (AvgIpc) is 2.34. The second-order valence-corrected chi connectivity index (χ2v) is 5.65. The summed E-state index contributed by atoms with van der Waals surface area (Å²) in [5, 5.41) is 9.01. The molecule has 0 aliphatic carbocycles. The second kappa shape index (κ2) is 6.20. The Morgan fingerprint density at radius 2 is 2.16 bits per heavy atom. The van der Waals surface area contributed by atoms with Crippen LogP contribution in [0.5, 0.6) is 0 Å². The second-order valence-electron chi connectivity index (χ2n) is 5.65. The number of carboxylic acid groups (broad SMARTS) is 1. The summed E-state index contributed by atoms with van der Waals surface area (Å²) in [6.45, 7) is 6.14. The topological polar surface area (TPSA) is 40.5 Å². The summed E-state index contributed by atoms with van der Waals surface area (Å²) < 4.78 is 0. The number of likely N-dealkylation sites (tertiary alicyclic amines) is 1. The van der Waals surface area contributed by atoms with E-state index in [9.17, 15) is 4.79 Å². The first-order chi connectivity index (χ1) is 9.06. The van der Waals surface area contributed by atoms with Crippen molar-refractivity contribution in [2.75, 3.05) is 6.54 Å². The quantitative estimate of drug-likeness (QED) is 0.905. The van der Waals surface area contributed by atoms with Crippen LogP contribution in [0, 0.1) is 13.8 Å². The van der Waals surface area contributed by atoms with Crippen LogP contribution in [-0.2, 0) is 11.3 Å². The van der Waals surface area contributed by atoms with Crippen molar-refractivity contribution in [3.05, 3.63) is 34.9 Å². The lowest BCUT2D eigenvalue weighted by Gasteiger charge is -2.35. The molecule has 1 heterocycles. The minimum atomic E-state index is -0.683. The highest BCUT2D eigenvalue weighted by Crippen LogP contribution is 2.23. The van der Waals surface area contributed by atoms with Crippen LogP contribution in [0.15, 0.2) is 18.2 Å². The van der Waals surface area contributed by atoms with Gasteiger partial charge in [0.1, 0.15) is 0 Å². The minimum Gasteiger partial charge on any atom is -0.481 e. The van der Waals surface area contributed by atoms with Gasteiger partial charge in [-0.1, -0.05) is 30.2 Å². The first-order valence-corrected chi connectivity index (χ1v) is 7.08. The zero-order chi connectivity index (χ0) is 13.8. The zero-order valence-electron chi connectivity index (χ0n) is 11.9. The maximum Gasteiger partial charge on any atom is 0.304 e. The third-order valence-electron chi connectivity index (χ3n) is 4.03. The summed E-state index contributed by atoms with van der Waals surface area (Å²) in [5.41, 5.74) is 3.91. The minimum absolute atomic E-state index is 0.201. The first-order valence-electron chi connectivity index (χ1n) is 7.08. The van der Waals surface area contributed by atoms with E-state index in [1.54, 1.807) is 0 Å². The third kappa shape index (κ3) is 3.80. The van der Waals surface area contributed by atoms with E-state index < -0.39 is 5.97 Å². The van der Waals surface area contributed by atoms with Gasteiger partial charge < -0.3 is 5.11 Å². The predicted octanol–water partition coefficient (Wildman–Crippen LogP) is 3.13. The van der Waals surface area contributed by atoms with E-state index in [1.165, 1.54) is 23.1 Å². The molecule has 1 fully saturated rings. The van der Waals surface area contributed by atoms with E-state index in [2.05, 4.69) is 36.9 Å².